The Kier molecular flexibility index (Phi) is 5.21. The second-order valence-electron chi connectivity index (χ2n) is 5.57. The quantitative estimate of drug-likeness (QED) is 0.772. The van der Waals surface area contributed by atoms with E-state index in [0.717, 1.165) is 37.8 Å². The molecule has 1 N–H and O–H groups in total. The molecule has 2 aliphatic heterocycles. The van der Waals surface area contributed by atoms with Gasteiger partial charge in [-0.05, 0) is 52.0 Å². The molecule has 0 radical (unpaired) electrons. The molecule has 104 valence electrons. The minimum atomic E-state index is 0.359. The largest absolute Gasteiger partial charge is 0.376 e. The summed E-state index contributed by atoms with van der Waals surface area (Å²) in [4.78, 5) is 4.59. The molecule has 0 bridgehead atoms. The van der Waals surface area contributed by atoms with Gasteiger partial charge in [-0.25, -0.2) is 0 Å². The third-order valence-electron chi connectivity index (χ3n) is 3.72. The predicted octanol–water partition coefficient (Wildman–Crippen LogP) is 1.07. The van der Waals surface area contributed by atoms with Crippen LogP contribution in [0.1, 0.15) is 25.7 Å². The van der Waals surface area contributed by atoms with Crippen LogP contribution < -0.4 is 5.32 Å². The number of likely N-dealkylation sites (tertiary alicyclic amines) is 1. The minimum Gasteiger partial charge on any atom is -0.376 e. The van der Waals surface area contributed by atoms with Crippen LogP contribution in [0.4, 0.5) is 0 Å². The number of hydrogen-bond donors (Lipinski definition) is 1. The zero-order valence-electron chi connectivity index (χ0n) is 11.5. The van der Waals surface area contributed by atoms with E-state index in [-0.39, 0.29) is 0 Å². The highest BCUT2D eigenvalue weighted by molar-refractivity contribution is 7.80. The molecule has 2 unspecified atom stereocenters. The van der Waals surface area contributed by atoms with Gasteiger partial charge in [0.15, 0.2) is 5.11 Å². The van der Waals surface area contributed by atoms with Gasteiger partial charge in [-0.1, -0.05) is 0 Å². The maximum Gasteiger partial charge on any atom is 0.169 e. The topological polar surface area (TPSA) is 27.7 Å². The molecule has 0 saturated carbocycles. The van der Waals surface area contributed by atoms with E-state index in [0.29, 0.717) is 12.1 Å². The molecule has 0 spiro atoms. The number of likely N-dealkylation sites (N-methyl/N-ethyl adjacent to an activating group) is 1. The van der Waals surface area contributed by atoms with Crippen LogP contribution in [0.2, 0.25) is 0 Å². The number of ether oxygens (including phenoxy) is 1. The second kappa shape index (κ2) is 6.68. The smallest absolute Gasteiger partial charge is 0.169 e. The van der Waals surface area contributed by atoms with Crippen LogP contribution in [0.5, 0.6) is 0 Å². The fraction of sp³-hybridized carbons (Fsp3) is 0.923. The fourth-order valence-electron chi connectivity index (χ4n) is 2.82. The van der Waals surface area contributed by atoms with Gasteiger partial charge < -0.3 is 19.9 Å². The Labute approximate surface area is 116 Å². The average Bonchev–Trinajstić information content (AvgIpc) is 2.95. The van der Waals surface area contributed by atoms with Gasteiger partial charge >= 0.3 is 0 Å². The standard InChI is InChI=1S/C13H25N3OS/c1-15(2)10-11-5-3-7-16(11)13(18)14-9-12-6-4-8-17-12/h11-12H,3-10H2,1-2H3,(H,14,18). The molecule has 18 heavy (non-hydrogen) atoms. The van der Waals surface area contributed by atoms with E-state index in [1.165, 1.54) is 19.3 Å². The highest BCUT2D eigenvalue weighted by Gasteiger charge is 2.27. The van der Waals surface area contributed by atoms with Gasteiger partial charge in [0.25, 0.3) is 0 Å². The second-order valence-corrected chi connectivity index (χ2v) is 5.96. The molecule has 2 rings (SSSR count). The van der Waals surface area contributed by atoms with Crippen molar-refractivity contribution < 1.29 is 4.74 Å². The van der Waals surface area contributed by atoms with Gasteiger partial charge in [0, 0.05) is 32.3 Å². The summed E-state index contributed by atoms with van der Waals surface area (Å²) in [6, 6.07) is 0.574. The summed E-state index contributed by atoms with van der Waals surface area (Å²) in [5, 5.41) is 4.30. The lowest BCUT2D eigenvalue weighted by molar-refractivity contribution is 0.113. The summed E-state index contributed by atoms with van der Waals surface area (Å²) in [6.07, 6.45) is 5.21. The first kappa shape index (κ1) is 14.0. The van der Waals surface area contributed by atoms with Crippen molar-refractivity contribution in [1.82, 2.24) is 15.1 Å². The Morgan fingerprint density at radius 2 is 2.22 bits per heavy atom. The Morgan fingerprint density at radius 3 is 2.89 bits per heavy atom. The van der Waals surface area contributed by atoms with Crippen molar-refractivity contribution in [1.29, 1.82) is 0 Å². The third kappa shape index (κ3) is 3.80. The lowest BCUT2D eigenvalue weighted by Crippen LogP contribution is -2.47. The van der Waals surface area contributed by atoms with Crippen LogP contribution in [0.3, 0.4) is 0 Å². The molecule has 5 heteroatoms. The molecule has 2 heterocycles. The fourth-order valence-corrected chi connectivity index (χ4v) is 3.15. The molecule has 0 aromatic heterocycles. The summed E-state index contributed by atoms with van der Waals surface area (Å²) in [7, 11) is 4.25. The molecule has 2 fully saturated rings. The maximum atomic E-state index is 5.61. The SMILES string of the molecule is CN(C)CC1CCCN1C(=S)NCC1CCCO1. The highest BCUT2D eigenvalue weighted by Crippen LogP contribution is 2.18. The zero-order chi connectivity index (χ0) is 13.0. The molecular weight excluding hydrogens is 246 g/mol. The number of hydrogen-bond acceptors (Lipinski definition) is 3. The first-order chi connectivity index (χ1) is 8.66. The molecule has 0 amide bonds. The Morgan fingerprint density at radius 1 is 1.39 bits per heavy atom. The monoisotopic (exact) mass is 271 g/mol. The predicted molar refractivity (Wildman–Crippen MR) is 77.9 cm³/mol. The number of nitrogens with one attached hydrogen (secondary N) is 1. The van der Waals surface area contributed by atoms with Crippen LogP contribution >= 0.6 is 12.2 Å². The van der Waals surface area contributed by atoms with Gasteiger partial charge in [0.05, 0.1) is 6.10 Å². The number of nitrogens with zero attached hydrogens (tertiary/aromatic N) is 2. The van der Waals surface area contributed by atoms with E-state index in [2.05, 4.69) is 29.2 Å². The summed E-state index contributed by atoms with van der Waals surface area (Å²) >= 11 is 5.52. The molecule has 0 aromatic carbocycles. The molecule has 2 saturated heterocycles. The van der Waals surface area contributed by atoms with Crippen LogP contribution in [0.15, 0.2) is 0 Å². The minimum absolute atomic E-state index is 0.359. The van der Waals surface area contributed by atoms with E-state index in [1.807, 2.05) is 0 Å². The number of thiocarbonyl (C=S) groups is 1. The first-order valence-corrected chi connectivity index (χ1v) is 7.38. The van der Waals surface area contributed by atoms with Crippen molar-refractivity contribution in [3.8, 4) is 0 Å². The molecular formula is C13H25N3OS. The Balaban J connectivity index is 1.76. The van der Waals surface area contributed by atoms with Gasteiger partial charge in [0.2, 0.25) is 0 Å². The van der Waals surface area contributed by atoms with Gasteiger partial charge in [0.1, 0.15) is 0 Å². The molecule has 2 aliphatic rings. The van der Waals surface area contributed by atoms with E-state index in [4.69, 9.17) is 17.0 Å². The van der Waals surface area contributed by atoms with Crippen LogP contribution in [-0.4, -0.2) is 67.4 Å². The molecule has 4 nitrogen and oxygen atoms in total. The van der Waals surface area contributed by atoms with Crippen molar-refractivity contribution in [2.24, 2.45) is 0 Å². The van der Waals surface area contributed by atoms with Crippen LogP contribution in [-0.2, 0) is 4.74 Å². The van der Waals surface area contributed by atoms with E-state index < -0.39 is 0 Å². The molecule has 0 aromatic rings. The Hall–Kier alpha value is -0.390. The van der Waals surface area contributed by atoms with E-state index >= 15 is 0 Å². The van der Waals surface area contributed by atoms with Crippen molar-refractivity contribution >= 4 is 17.3 Å². The molecule has 2 atom stereocenters. The van der Waals surface area contributed by atoms with Crippen molar-refractivity contribution in [2.75, 3.05) is 40.3 Å². The van der Waals surface area contributed by atoms with Gasteiger partial charge in [-0.15, -0.1) is 0 Å². The Bertz CT molecular complexity index is 279. The lowest BCUT2D eigenvalue weighted by Gasteiger charge is -2.30. The van der Waals surface area contributed by atoms with Crippen LogP contribution in [0, 0.1) is 0 Å². The van der Waals surface area contributed by atoms with E-state index in [9.17, 15) is 0 Å². The summed E-state index contributed by atoms with van der Waals surface area (Å²) in [6.45, 7) is 3.95. The van der Waals surface area contributed by atoms with Crippen LogP contribution in [0.25, 0.3) is 0 Å². The maximum absolute atomic E-state index is 5.61. The summed E-state index contributed by atoms with van der Waals surface area (Å²) in [5.41, 5.74) is 0. The summed E-state index contributed by atoms with van der Waals surface area (Å²) in [5.74, 6) is 0. The first-order valence-electron chi connectivity index (χ1n) is 6.97. The number of rotatable bonds is 4. The zero-order valence-corrected chi connectivity index (χ0v) is 12.3. The highest BCUT2D eigenvalue weighted by atomic mass is 32.1. The normalized spacial score (nSPS) is 28.1. The van der Waals surface area contributed by atoms with Gasteiger partial charge in [-0.2, -0.15) is 0 Å². The van der Waals surface area contributed by atoms with Crippen molar-refractivity contribution in [3.05, 3.63) is 0 Å². The third-order valence-corrected chi connectivity index (χ3v) is 4.10. The summed E-state index contributed by atoms with van der Waals surface area (Å²) < 4.78 is 5.61. The average molecular weight is 271 g/mol. The van der Waals surface area contributed by atoms with Crippen molar-refractivity contribution in [3.63, 3.8) is 0 Å². The molecule has 0 aliphatic carbocycles. The van der Waals surface area contributed by atoms with Crippen molar-refractivity contribution in [2.45, 2.75) is 37.8 Å². The van der Waals surface area contributed by atoms with E-state index in [1.54, 1.807) is 0 Å². The lowest BCUT2D eigenvalue weighted by atomic mass is 10.2. The van der Waals surface area contributed by atoms with Gasteiger partial charge in [-0.3, -0.25) is 0 Å².